The van der Waals surface area contributed by atoms with E-state index in [1.807, 2.05) is 11.8 Å². The molecule has 18 heavy (non-hydrogen) atoms. The molecular weight excluding hydrogens is 268 g/mol. The van der Waals surface area contributed by atoms with Gasteiger partial charge in [0.1, 0.15) is 0 Å². The third-order valence-electron chi connectivity index (χ3n) is 3.20. The van der Waals surface area contributed by atoms with E-state index in [0.717, 1.165) is 23.4 Å². The van der Waals surface area contributed by atoms with Crippen molar-refractivity contribution < 1.29 is 9.90 Å². The Morgan fingerprint density at radius 1 is 1.56 bits per heavy atom. The monoisotopic (exact) mass is 282 g/mol. The second kappa shape index (κ2) is 5.03. The average molecular weight is 282 g/mol. The largest absolute Gasteiger partial charge is 0.396 e. The molecule has 1 amide bonds. The van der Waals surface area contributed by atoms with Crippen molar-refractivity contribution in [2.75, 3.05) is 12.4 Å². The Morgan fingerprint density at radius 3 is 3.28 bits per heavy atom. The molecule has 1 unspecified atom stereocenters. The Morgan fingerprint density at radius 2 is 2.44 bits per heavy atom. The molecule has 2 aliphatic heterocycles. The first-order chi connectivity index (χ1) is 8.78. The zero-order valence-corrected chi connectivity index (χ0v) is 11.4. The SMILES string of the molecule is O=C1CC2CCSc3sc(CCO)cc3C2=NN1. The fraction of sp³-hybridized carbons (Fsp3) is 0.500. The van der Waals surface area contributed by atoms with Gasteiger partial charge in [0.25, 0.3) is 0 Å². The Balaban J connectivity index is 1.99. The lowest BCUT2D eigenvalue weighted by molar-refractivity contribution is -0.122. The van der Waals surface area contributed by atoms with Crippen LogP contribution in [-0.2, 0) is 11.2 Å². The molecule has 96 valence electrons. The summed E-state index contributed by atoms with van der Waals surface area (Å²) in [7, 11) is 0. The Bertz CT molecular complexity index is 510. The van der Waals surface area contributed by atoms with Crippen molar-refractivity contribution in [1.82, 2.24) is 5.43 Å². The van der Waals surface area contributed by atoms with Crippen LogP contribution in [-0.4, -0.2) is 29.1 Å². The quantitative estimate of drug-likeness (QED) is 0.866. The maximum Gasteiger partial charge on any atom is 0.240 e. The van der Waals surface area contributed by atoms with Crippen LogP contribution in [0.2, 0.25) is 0 Å². The Hall–Kier alpha value is -0.850. The first kappa shape index (κ1) is 12.2. The van der Waals surface area contributed by atoms with Gasteiger partial charge in [0, 0.05) is 35.8 Å². The van der Waals surface area contributed by atoms with Gasteiger partial charge >= 0.3 is 0 Å². The van der Waals surface area contributed by atoms with Gasteiger partial charge in [-0.1, -0.05) is 0 Å². The predicted molar refractivity (Wildman–Crippen MR) is 73.2 cm³/mol. The number of amides is 1. The van der Waals surface area contributed by atoms with Crippen LogP contribution in [0.3, 0.4) is 0 Å². The number of nitrogens with zero attached hydrogens (tertiary/aromatic N) is 1. The third-order valence-corrected chi connectivity index (χ3v) is 5.72. The summed E-state index contributed by atoms with van der Waals surface area (Å²) in [6, 6.07) is 2.12. The Labute approximate surface area is 113 Å². The maximum absolute atomic E-state index is 11.4. The van der Waals surface area contributed by atoms with Crippen molar-refractivity contribution in [3.05, 3.63) is 16.5 Å². The summed E-state index contributed by atoms with van der Waals surface area (Å²) in [4.78, 5) is 12.6. The summed E-state index contributed by atoms with van der Waals surface area (Å²) < 4.78 is 1.27. The molecule has 3 rings (SSSR count). The Kier molecular flexibility index (Phi) is 3.41. The smallest absolute Gasteiger partial charge is 0.240 e. The molecule has 0 spiro atoms. The molecule has 1 aromatic rings. The van der Waals surface area contributed by atoms with Crippen LogP contribution < -0.4 is 5.43 Å². The van der Waals surface area contributed by atoms with Gasteiger partial charge in [0.05, 0.1) is 9.92 Å². The van der Waals surface area contributed by atoms with Gasteiger partial charge in [0.2, 0.25) is 5.91 Å². The van der Waals surface area contributed by atoms with Gasteiger partial charge in [-0.05, 0) is 18.2 Å². The molecule has 3 heterocycles. The minimum Gasteiger partial charge on any atom is -0.396 e. The van der Waals surface area contributed by atoms with E-state index in [2.05, 4.69) is 16.6 Å². The van der Waals surface area contributed by atoms with Gasteiger partial charge in [-0.25, -0.2) is 5.43 Å². The second-order valence-corrected chi connectivity index (χ2v) is 6.96. The number of nitrogens with one attached hydrogen (secondary N) is 1. The highest BCUT2D eigenvalue weighted by molar-refractivity contribution is 8.01. The fourth-order valence-corrected chi connectivity index (χ4v) is 4.93. The topological polar surface area (TPSA) is 61.7 Å². The maximum atomic E-state index is 11.4. The number of carbonyl (C=O) groups excluding carboxylic acids is 1. The summed E-state index contributed by atoms with van der Waals surface area (Å²) in [5.41, 5.74) is 4.77. The standard InChI is InChI=1S/C12H14N2O2S2/c15-3-1-8-6-9-11-7(5-10(16)13-14-11)2-4-17-12(9)18-8/h6-7,15H,1-5H2,(H,13,16). The van der Waals surface area contributed by atoms with Gasteiger partial charge in [-0.15, -0.1) is 23.1 Å². The molecule has 4 nitrogen and oxygen atoms in total. The molecule has 2 N–H and O–H groups in total. The number of hydrogen-bond donors (Lipinski definition) is 2. The van der Waals surface area contributed by atoms with Gasteiger partial charge < -0.3 is 5.11 Å². The van der Waals surface area contributed by atoms with Crippen LogP contribution >= 0.6 is 23.1 Å². The lowest BCUT2D eigenvalue weighted by Crippen LogP contribution is -2.33. The number of aliphatic hydroxyl groups excluding tert-OH is 1. The van der Waals surface area contributed by atoms with E-state index in [1.54, 1.807) is 11.3 Å². The molecule has 1 atom stereocenters. The number of thioether (sulfide) groups is 1. The van der Waals surface area contributed by atoms with Crippen LogP contribution in [0.4, 0.5) is 0 Å². The van der Waals surface area contributed by atoms with Crippen LogP contribution in [0.1, 0.15) is 23.3 Å². The summed E-state index contributed by atoms with van der Waals surface area (Å²) in [5.74, 6) is 1.30. The van der Waals surface area contributed by atoms with E-state index >= 15 is 0 Å². The average Bonchev–Trinajstić information content (AvgIpc) is 2.66. The number of rotatable bonds is 2. The molecule has 0 saturated heterocycles. The third kappa shape index (κ3) is 2.20. The fourth-order valence-electron chi connectivity index (χ4n) is 2.34. The summed E-state index contributed by atoms with van der Waals surface area (Å²) >= 11 is 3.58. The number of hydrazone groups is 1. The zero-order chi connectivity index (χ0) is 12.5. The van der Waals surface area contributed by atoms with Crippen molar-refractivity contribution in [3.8, 4) is 0 Å². The van der Waals surface area contributed by atoms with Gasteiger partial charge in [-0.2, -0.15) is 5.10 Å². The highest BCUT2D eigenvalue weighted by Crippen LogP contribution is 2.39. The van der Waals surface area contributed by atoms with E-state index in [-0.39, 0.29) is 18.4 Å². The number of fused-ring (bicyclic) bond motifs is 3. The first-order valence-electron chi connectivity index (χ1n) is 6.01. The predicted octanol–water partition coefficient (Wildman–Crippen LogP) is 1.62. The van der Waals surface area contributed by atoms with Crippen LogP contribution in [0.25, 0.3) is 0 Å². The molecular formula is C12H14N2O2S2. The van der Waals surface area contributed by atoms with Crippen molar-refractivity contribution in [3.63, 3.8) is 0 Å². The normalized spacial score (nSPS) is 22.6. The molecule has 6 heteroatoms. The highest BCUT2D eigenvalue weighted by atomic mass is 32.2. The van der Waals surface area contributed by atoms with E-state index in [1.165, 1.54) is 9.09 Å². The zero-order valence-electron chi connectivity index (χ0n) is 9.81. The van der Waals surface area contributed by atoms with Gasteiger partial charge in [-0.3, -0.25) is 4.79 Å². The van der Waals surface area contributed by atoms with Crippen LogP contribution in [0.5, 0.6) is 0 Å². The molecule has 0 aromatic carbocycles. The molecule has 0 bridgehead atoms. The van der Waals surface area contributed by atoms with Crippen LogP contribution in [0, 0.1) is 5.92 Å². The number of aliphatic hydroxyl groups is 1. The molecule has 0 aliphatic carbocycles. The number of hydrogen-bond acceptors (Lipinski definition) is 5. The number of carbonyl (C=O) groups is 1. The van der Waals surface area contributed by atoms with E-state index in [4.69, 9.17) is 5.11 Å². The first-order valence-corrected chi connectivity index (χ1v) is 7.81. The minimum atomic E-state index is 0.0167. The molecule has 0 saturated carbocycles. The van der Waals surface area contributed by atoms with Crippen molar-refractivity contribution >= 4 is 34.7 Å². The summed E-state index contributed by atoms with van der Waals surface area (Å²) in [5, 5.41) is 13.3. The summed E-state index contributed by atoms with van der Waals surface area (Å²) in [6.07, 6.45) is 2.25. The highest BCUT2D eigenvalue weighted by Gasteiger charge is 2.30. The molecule has 0 radical (unpaired) electrons. The van der Waals surface area contributed by atoms with Crippen molar-refractivity contribution in [2.45, 2.75) is 23.5 Å². The lowest BCUT2D eigenvalue weighted by Gasteiger charge is -2.20. The van der Waals surface area contributed by atoms with Gasteiger partial charge in [0.15, 0.2) is 0 Å². The molecule has 1 aromatic heterocycles. The second-order valence-electron chi connectivity index (χ2n) is 4.46. The minimum absolute atomic E-state index is 0.0167. The number of thiophene rings is 1. The van der Waals surface area contributed by atoms with E-state index < -0.39 is 0 Å². The lowest BCUT2D eigenvalue weighted by atomic mass is 9.91. The van der Waals surface area contributed by atoms with E-state index in [9.17, 15) is 4.79 Å². The van der Waals surface area contributed by atoms with Crippen LogP contribution in [0.15, 0.2) is 15.4 Å². The van der Waals surface area contributed by atoms with Crippen molar-refractivity contribution in [2.24, 2.45) is 11.0 Å². The van der Waals surface area contributed by atoms with Crippen molar-refractivity contribution in [1.29, 1.82) is 0 Å². The summed E-state index contributed by atoms with van der Waals surface area (Å²) in [6.45, 7) is 0.177. The molecule has 0 fully saturated rings. The van der Waals surface area contributed by atoms with E-state index in [0.29, 0.717) is 12.8 Å². The molecule has 2 aliphatic rings.